The van der Waals surface area contributed by atoms with Crippen LogP contribution in [0, 0.1) is 5.92 Å². The molecular weight excluding hydrogens is 326 g/mol. The van der Waals surface area contributed by atoms with E-state index >= 15 is 0 Å². The maximum absolute atomic E-state index is 12.4. The molecule has 7 nitrogen and oxygen atoms in total. The minimum absolute atomic E-state index is 0.161. The second-order valence-corrected chi connectivity index (χ2v) is 6.62. The molecule has 0 saturated carbocycles. The second kappa shape index (κ2) is 9.46. The van der Waals surface area contributed by atoms with E-state index in [1.807, 2.05) is 20.8 Å². The van der Waals surface area contributed by atoms with Crippen LogP contribution in [0.15, 0.2) is 9.59 Å². The van der Waals surface area contributed by atoms with Crippen LogP contribution in [0.5, 0.6) is 0 Å². The predicted octanol–water partition coefficient (Wildman–Crippen LogP) is 1.67. The summed E-state index contributed by atoms with van der Waals surface area (Å²) >= 11 is 5.44. The number of unbranched alkanes of at least 4 members (excludes halogenated alkanes) is 1. The smallest absolute Gasteiger partial charge is 0.330 e. The average Bonchev–Trinajstić information content (AvgIpc) is 2.51. The third-order valence-electron chi connectivity index (χ3n) is 3.54. The Morgan fingerprint density at radius 1 is 1.33 bits per heavy atom. The molecule has 0 amide bonds. The summed E-state index contributed by atoms with van der Waals surface area (Å²) in [4.78, 5) is 28.6. The van der Waals surface area contributed by atoms with Crippen molar-refractivity contribution in [3.8, 4) is 0 Å². The number of nitrogens with zero attached hydrogens (tertiary/aromatic N) is 2. The molecule has 136 valence electrons. The first-order valence-electron chi connectivity index (χ1n) is 8.51. The molecule has 0 fully saturated rings. The zero-order chi connectivity index (χ0) is 18.3. The summed E-state index contributed by atoms with van der Waals surface area (Å²) in [6, 6.07) is 0. The van der Waals surface area contributed by atoms with Crippen LogP contribution in [0.1, 0.15) is 47.0 Å². The summed E-state index contributed by atoms with van der Waals surface area (Å²) in [6.07, 6.45) is 2.73. The highest BCUT2D eigenvalue weighted by Crippen LogP contribution is 2.18. The molecule has 0 unspecified atom stereocenters. The molecule has 0 spiro atoms. The van der Waals surface area contributed by atoms with E-state index in [9.17, 15) is 9.59 Å². The predicted molar refractivity (Wildman–Crippen MR) is 104 cm³/mol. The Morgan fingerprint density at radius 2 is 2.00 bits per heavy atom. The topological polar surface area (TPSA) is 96.2 Å². The highest BCUT2D eigenvalue weighted by Gasteiger charge is 2.21. The first kappa shape index (κ1) is 20.2. The summed E-state index contributed by atoms with van der Waals surface area (Å²) < 4.78 is 1.41. The van der Waals surface area contributed by atoms with Gasteiger partial charge >= 0.3 is 5.69 Å². The summed E-state index contributed by atoms with van der Waals surface area (Å²) in [5.74, 6) is 0.382. The fraction of sp³-hybridized carbons (Fsp3) is 0.688. The summed E-state index contributed by atoms with van der Waals surface area (Å²) in [5.41, 5.74) is 5.44. The molecule has 0 atom stereocenters. The Bertz CT molecular complexity index is 665. The highest BCUT2D eigenvalue weighted by molar-refractivity contribution is 7.80. The van der Waals surface area contributed by atoms with E-state index in [1.165, 1.54) is 4.57 Å². The minimum Gasteiger partial charge on any atom is -0.383 e. The standard InChI is InChI=1S/C16H29N5O2S/c1-5-7-9-20(16(24)18-8-6-2)12-13(17)21(10-11(3)4)15(23)19-14(12)22/h11H,5-10,17H2,1-4H3,(H,18,24)(H,19,22,23). The number of nitrogen functional groups attached to an aromatic ring is 1. The van der Waals surface area contributed by atoms with Gasteiger partial charge < -0.3 is 16.0 Å². The van der Waals surface area contributed by atoms with Gasteiger partial charge in [0, 0.05) is 19.6 Å². The van der Waals surface area contributed by atoms with E-state index in [0.29, 0.717) is 24.7 Å². The molecule has 1 rings (SSSR count). The van der Waals surface area contributed by atoms with Gasteiger partial charge in [-0.05, 0) is 31.0 Å². The van der Waals surface area contributed by atoms with Crippen molar-refractivity contribution in [3.05, 3.63) is 20.8 Å². The molecule has 24 heavy (non-hydrogen) atoms. The van der Waals surface area contributed by atoms with Crippen molar-refractivity contribution in [2.75, 3.05) is 23.7 Å². The largest absolute Gasteiger partial charge is 0.383 e. The van der Waals surface area contributed by atoms with Crippen LogP contribution >= 0.6 is 12.2 Å². The van der Waals surface area contributed by atoms with E-state index in [1.54, 1.807) is 4.90 Å². The summed E-state index contributed by atoms with van der Waals surface area (Å²) in [6.45, 7) is 9.79. The Hall–Kier alpha value is -1.83. The zero-order valence-corrected chi connectivity index (χ0v) is 15.8. The van der Waals surface area contributed by atoms with Gasteiger partial charge in [-0.3, -0.25) is 14.3 Å². The highest BCUT2D eigenvalue weighted by atomic mass is 32.1. The number of aromatic amines is 1. The first-order chi connectivity index (χ1) is 11.3. The van der Waals surface area contributed by atoms with Gasteiger partial charge in [0.2, 0.25) is 0 Å². The van der Waals surface area contributed by atoms with Crippen LogP contribution < -0.4 is 27.2 Å². The molecule has 0 aliphatic rings. The van der Waals surface area contributed by atoms with E-state index < -0.39 is 11.2 Å². The molecule has 0 aliphatic carbocycles. The molecule has 8 heteroatoms. The van der Waals surface area contributed by atoms with Crippen LogP contribution in [0.4, 0.5) is 11.5 Å². The maximum Gasteiger partial charge on any atom is 0.330 e. The van der Waals surface area contributed by atoms with E-state index in [2.05, 4.69) is 17.2 Å². The van der Waals surface area contributed by atoms with Gasteiger partial charge in [-0.25, -0.2) is 4.79 Å². The van der Waals surface area contributed by atoms with Crippen LogP contribution in [-0.2, 0) is 6.54 Å². The van der Waals surface area contributed by atoms with Crippen molar-refractivity contribution in [2.45, 2.75) is 53.5 Å². The molecule has 4 N–H and O–H groups in total. The summed E-state index contributed by atoms with van der Waals surface area (Å²) in [7, 11) is 0. The second-order valence-electron chi connectivity index (χ2n) is 6.23. The number of nitrogens with two attached hydrogens (primary N) is 1. The molecule has 0 aromatic carbocycles. The first-order valence-corrected chi connectivity index (χ1v) is 8.92. The quantitative estimate of drug-likeness (QED) is 0.614. The number of hydrogen-bond acceptors (Lipinski definition) is 4. The number of hydrogen-bond donors (Lipinski definition) is 3. The molecule has 1 heterocycles. The number of nitrogens with one attached hydrogen (secondary N) is 2. The van der Waals surface area contributed by atoms with E-state index in [-0.39, 0.29) is 17.4 Å². The third kappa shape index (κ3) is 5.09. The fourth-order valence-corrected chi connectivity index (χ4v) is 2.63. The van der Waals surface area contributed by atoms with Gasteiger partial charge in [0.15, 0.2) is 10.8 Å². The number of aromatic nitrogens is 2. The van der Waals surface area contributed by atoms with Gasteiger partial charge in [-0.1, -0.05) is 34.1 Å². The Kier molecular flexibility index (Phi) is 7.97. The van der Waals surface area contributed by atoms with Crippen LogP contribution in [0.2, 0.25) is 0 Å². The van der Waals surface area contributed by atoms with Crippen molar-refractivity contribution in [2.24, 2.45) is 5.92 Å². The monoisotopic (exact) mass is 355 g/mol. The number of H-pyrrole nitrogens is 1. The maximum atomic E-state index is 12.4. The SMILES string of the molecule is CCCCN(C(=S)NCCC)c1c(N)n(CC(C)C)c(=O)[nH]c1=O. The Morgan fingerprint density at radius 3 is 2.54 bits per heavy atom. The molecule has 0 aliphatic heterocycles. The van der Waals surface area contributed by atoms with Crippen molar-refractivity contribution >= 4 is 28.8 Å². The third-order valence-corrected chi connectivity index (χ3v) is 3.90. The van der Waals surface area contributed by atoms with Crippen molar-refractivity contribution in [3.63, 3.8) is 0 Å². The van der Waals surface area contributed by atoms with Gasteiger partial charge in [0.1, 0.15) is 5.82 Å². The lowest BCUT2D eigenvalue weighted by atomic mass is 10.2. The van der Waals surface area contributed by atoms with Crippen molar-refractivity contribution in [1.82, 2.24) is 14.9 Å². The Labute approximate surface area is 148 Å². The van der Waals surface area contributed by atoms with E-state index in [4.69, 9.17) is 18.0 Å². The van der Waals surface area contributed by atoms with Crippen LogP contribution in [-0.4, -0.2) is 27.8 Å². The van der Waals surface area contributed by atoms with Gasteiger partial charge in [-0.2, -0.15) is 0 Å². The minimum atomic E-state index is -0.505. The molecule has 1 aromatic rings. The van der Waals surface area contributed by atoms with Gasteiger partial charge in [0.05, 0.1) is 0 Å². The molecule has 0 bridgehead atoms. The molecule has 0 saturated heterocycles. The van der Waals surface area contributed by atoms with Crippen LogP contribution in [0.25, 0.3) is 0 Å². The lowest BCUT2D eigenvalue weighted by Crippen LogP contribution is -2.46. The van der Waals surface area contributed by atoms with Crippen LogP contribution in [0.3, 0.4) is 0 Å². The lowest BCUT2D eigenvalue weighted by molar-refractivity contribution is 0.507. The van der Waals surface area contributed by atoms with Crippen molar-refractivity contribution < 1.29 is 0 Å². The van der Waals surface area contributed by atoms with E-state index in [0.717, 1.165) is 19.3 Å². The molecule has 0 radical (unpaired) electrons. The molecule has 1 aromatic heterocycles. The van der Waals surface area contributed by atoms with Gasteiger partial charge in [-0.15, -0.1) is 0 Å². The molecular formula is C16H29N5O2S. The normalized spacial score (nSPS) is 10.9. The lowest BCUT2D eigenvalue weighted by Gasteiger charge is -2.27. The number of rotatable bonds is 8. The zero-order valence-electron chi connectivity index (χ0n) is 15.0. The number of anilines is 2. The average molecular weight is 356 g/mol. The fourth-order valence-electron chi connectivity index (χ4n) is 2.34. The Balaban J connectivity index is 3.37. The van der Waals surface area contributed by atoms with Gasteiger partial charge in [0.25, 0.3) is 5.56 Å². The summed E-state index contributed by atoms with van der Waals surface area (Å²) in [5, 5.41) is 3.59. The number of thiocarbonyl (C=S) groups is 1. The van der Waals surface area contributed by atoms with Crippen molar-refractivity contribution in [1.29, 1.82) is 0 Å².